The van der Waals surface area contributed by atoms with Crippen molar-refractivity contribution in [2.75, 3.05) is 0 Å². The molecule has 0 unspecified atom stereocenters. The summed E-state index contributed by atoms with van der Waals surface area (Å²) in [5.74, 6) is 0. The van der Waals surface area contributed by atoms with Crippen molar-refractivity contribution in [2.24, 2.45) is 0 Å². The van der Waals surface area contributed by atoms with Crippen molar-refractivity contribution in [3.8, 4) is 11.3 Å². The number of hydrogen-bond acceptors (Lipinski definition) is 2. The van der Waals surface area contributed by atoms with E-state index in [1.807, 2.05) is 18.2 Å². The van der Waals surface area contributed by atoms with Crippen molar-refractivity contribution < 1.29 is 0 Å². The normalized spacial score (nSPS) is 10.7. The van der Waals surface area contributed by atoms with Gasteiger partial charge in [-0.2, -0.15) is 0 Å². The zero-order valence-corrected chi connectivity index (χ0v) is 10.8. The largest absolute Gasteiger partial charge is 0.330 e. The second-order valence-electron chi connectivity index (χ2n) is 4.31. The van der Waals surface area contributed by atoms with Crippen molar-refractivity contribution in [3.05, 3.63) is 58.9 Å². The van der Waals surface area contributed by atoms with Gasteiger partial charge in [-0.3, -0.25) is 0 Å². The Kier molecular flexibility index (Phi) is 2.68. The second-order valence-corrected chi connectivity index (χ2v) is 4.69. The highest BCUT2D eigenvalue weighted by atomic mass is 32.1. The molecule has 88 valence electrons. The number of nitrogens with one attached hydrogen (secondary N) is 1. The first kappa shape index (κ1) is 11.1. The Morgan fingerprint density at radius 3 is 2.61 bits per heavy atom. The van der Waals surface area contributed by atoms with Crippen molar-refractivity contribution in [1.82, 2.24) is 9.97 Å². The fourth-order valence-corrected chi connectivity index (χ4v) is 2.29. The van der Waals surface area contributed by atoms with E-state index in [0.717, 1.165) is 22.2 Å². The summed E-state index contributed by atoms with van der Waals surface area (Å²) in [4.78, 5) is 7.60. The van der Waals surface area contributed by atoms with Crippen molar-refractivity contribution in [3.63, 3.8) is 0 Å². The Morgan fingerprint density at radius 1 is 1.06 bits per heavy atom. The second kappa shape index (κ2) is 4.35. The van der Waals surface area contributed by atoms with Crippen LogP contribution in [0.25, 0.3) is 22.2 Å². The van der Waals surface area contributed by atoms with E-state index in [9.17, 15) is 0 Å². The molecule has 18 heavy (non-hydrogen) atoms. The Morgan fingerprint density at radius 2 is 1.83 bits per heavy atom. The number of benzene rings is 2. The fourth-order valence-electron chi connectivity index (χ4n) is 2.08. The van der Waals surface area contributed by atoms with Crippen LogP contribution in [0.2, 0.25) is 0 Å². The quantitative estimate of drug-likeness (QED) is 0.655. The first-order valence-corrected chi connectivity index (χ1v) is 6.21. The van der Waals surface area contributed by atoms with Crippen LogP contribution in [0.4, 0.5) is 0 Å². The van der Waals surface area contributed by atoms with Gasteiger partial charge in [0.15, 0.2) is 4.77 Å². The molecule has 3 rings (SSSR count). The van der Waals surface area contributed by atoms with Gasteiger partial charge in [-0.1, -0.05) is 42.0 Å². The van der Waals surface area contributed by atoms with Crippen molar-refractivity contribution >= 4 is 23.1 Å². The molecule has 0 amide bonds. The van der Waals surface area contributed by atoms with Gasteiger partial charge in [0, 0.05) is 16.5 Å². The molecule has 0 aliphatic heterocycles. The van der Waals surface area contributed by atoms with Gasteiger partial charge in [-0.05, 0) is 31.3 Å². The van der Waals surface area contributed by atoms with E-state index in [-0.39, 0.29) is 0 Å². The van der Waals surface area contributed by atoms with Crippen molar-refractivity contribution in [1.29, 1.82) is 0 Å². The number of aromatic nitrogens is 2. The molecule has 0 radical (unpaired) electrons. The van der Waals surface area contributed by atoms with Crippen LogP contribution in [0.5, 0.6) is 0 Å². The summed E-state index contributed by atoms with van der Waals surface area (Å²) in [5.41, 5.74) is 4.28. The monoisotopic (exact) mass is 252 g/mol. The minimum absolute atomic E-state index is 0.519. The molecule has 0 aliphatic carbocycles. The molecule has 0 bridgehead atoms. The molecule has 2 nitrogen and oxygen atoms in total. The van der Waals surface area contributed by atoms with Crippen LogP contribution in [0.3, 0.4) is 0 Å². The SMILES string of the molecule is Cc1ccc2[nH]c(=S)nc(-c3ccccc3)c2c1. The first-order valence-electron chi connectivity index (χ1n) is 5.80. The lowest BCUT2D eigenvalue weighted by molar-refractivity contribution is 1.19. The minimum Gasteiger partial charge on any atom is -0.330 e. The number of aromatic amines is 1. The lowest BCUT2D eigenvalue weighted by atomic mass is 10.1. The van der Waals surface area contributed by atoms with E-state index in [0.29, 0.717) is 4.77 Å². The van der Waals surface area contributed by atoms with Gasteiger partial charge < -0.3 is 4.98 Å². The highest BCUT2D eigenvalue weighted by molar-refractivity contribution is 7.71. The van der Waals surface area contributed by atoms with Gasteiger partial charge in [0.05, 0.1) is 5.69 Å². The maximum absolute atomic E-state index is 5.19. The fraction of sp³-hybridized carbons (Fsp3) is 0.0667. The smallest absolute Gasteiger partial charge is 0.197 e. The molecule has 3 aromatic rings. The average molecular weight is 252 g/mol. The molecule has 1 N–H and O–H groups in total. The lowest BCUT2D eigenvalue weighted by Crippen LogP contribution is -1.91. The number of fused-ring (bicyclic) bond motifs is 1. The van der Waals surface area contributed by atoms with Gasteiger partial charge in [-0.15, -0.1) is 0 Å². The minimum atomic E-state index is 0.519. The number of nitrogens with zero attached hydrogens (tertiary/aromatic N) is 1. The molecule has 0 spiro atoms. The van der Waals surface area contributed by atoms with Crippen LogP contribution < -0.4 is 0 Å². The number of rotatable bonds is 1. The molecule has 0 atom stereocenters. The number of hydrogen-bond donors (Lipinski definition) is 1. The van der Waals surface area contributed by atoms with Crippen LogP contribution in [0.15, 0.2) is 48.5 Å². The Labute approximate surface area is 110 Å². The predicted octanol–water partition coefficient (Wildman–Crippen LogP) is 4.27. The third kappa shape index (κ3) is 1.93. The molecular weight excluding hydrogens is 240 g/mol. The average Bonchev–Trinajstić information content (AvgIpc) is 2.39. The zero-order valence-electron chi connectivity index (χ0n) is 9.97. The standard InChI is InChI=1S/C15H12N2S/c1-10-7-8-13-12(9-10)14(17-15(18)16-13)11-5-3-2-4-6-11/h2-9H,1H3,(H,16,17,18). The van der Waals surface area contributed by atoms with E-state index in [1.165, 1.54) is 5.56 Å². The zero-order chi connectivity index (χ0) is 12.5. The van der Waals surface area contributed by atoms with E-state index in [2.05, 4.69) is 47.2 Å². The highest BCUT2D eigenvalue weighted by Gasteiger charge is 2.06. The van der Waals surface area contributed by atoms with Crippen LogP contribution in [0, 0.1) is 11.7 Å². The number of aryl methyl sites for hydroxylation is 1. The molecule has 0 saturated heterocycles. The summed E-state index contributed by atoms with van der Waals surface area (Å²) in [7, 11) is 0. The third-order valence-corrected chi connectivity index (χ3v) is 3.13. The van der Waals surface area contributed by atoms with Crippen LogP contribution >= 0.6 is 12.2 Å². The molecule has 2 aromatic carbocycles. The highest BCUT2D eigenvalue weighted by Crippen LogP contribution is 2.25. The molecular formula is C15H12N2S. The third-order valence-electron chi connectivity index (χ3n) is 2.93. The summed E-state index contributed by atoms with van der Waals surface area (Å²) in [5, 5.41) is 1.11. The molecule has 0 saturated carbocycles. The molecule has 0 fully saturated rings. The maximum atomic E-state index is 5.19. The Hall–Kier alpha value is -2.00. The van der Waals surface area contributed by atoms with Crippen LogP contribution in [-0.4, -0.2) is 9.97 Å². The predicted molar refractivity (Wildman–Crippen MR) is 77.1 cm³/mol. The summed E-state index contributed by atoms with van der Waals surface area (Å²) >= 11 is 5.19. The summed E-state index contributed by atoms with van der Waals surface area (Å²) in [6.07, 6.45) is 0. The Balaban J connectivity index is 2.41. The summed E-state index contributed by atoms with van der Waals surface area (Å²) in [6.45, 7) is 2.08. The van der Waals surface area contributed by atoms with Gasteiger partial charge in [0.2, 0.25) is 0 Å². The van der Waals surface area contributed by atoms with E-state index < -0.39 is 0 Å². The van der Waals surface area contributed by atoms with Crippen LogP contribution in [-0.2, 0) is 0 Å². The van der Waals surface area contributed by atoms with Gasteiger partial charge in [0.1, 0.15) is 0 Å². The summed E-state index contributed by atoms with van der Waals surface area (Å²) < 4.78 is 0.519. The van der Waals surface area contributed by atoms with E-state index in [4.69, 9.17) is 12.2 Å². The maximum Gasteiger partial charge on any atom is 0.197 e. The summed E-state index contributed by atoms with van der Waals surface area (Å²) in [6, 6.07) is 16.4. The number of H-pyrrole nitrogens is 1. The molecule has 3 heteroatoms. The van der Waals surface area contributed by atoms with E-state index in [1.54, 1.807) is 0 Å². The van der Waals surface area contributed by atoms with E-state index >= 15 is 0 Å². The molecule has 0 aliphatic rings. The topological polar surface area (TPSA) is 28.7 Å². The van der Waals surface area contributed by atoms with Gasteiger partial charge >= 0.3 is 0 Å². The van der Waals surface area contributed by atoms with Gasteiger partial charge in [-0.25, -0.2) is 4.98 Å². The van der Waals surface area contributed by atoms with Crippen molar-refractivity contribution in [2.45, 2.75) is 6.92 Å². The lowest BCUT2D eigenvalue weighted by Gasteiger charge is -2.06. The first-order chi connectivity index (χ1) is 8.74. The molecule has 1 heterocycles. The Bertz CT molecular complexity index is 760. The van der Waals surface area contributed by atoms with Crippen LogP contribution in [0.1, 0.15) is 5.56 Å². The van der Waals surface area contributed by atoms with Gasteiger partial charge in [0.25, 0.3) is 0 Å². The molecule has 1 aromatic heterocycles.